The van der Waals surface area contributed by atoms with Gasteiger partial charge in [-0.15, -0.1) is 0 Å². The molecule has 200 valence electrons. The van der Waals surface area contributed by atoms with Crippen LogP contribution < -0.4 is 10.2 Å². The number of benzene rings is 2. The zero-order valence-electron chi connectivity index (χ0n) is 21.5. The average Bonchev–Trinajstić information content (AvgIpc) is 3.66. The summed E-state index contributed by atoms with van der Waals surface area (Å²) >= 11 is 6.38. The number of hydrogen-bond acceptors (Lipinski definition) is 8. The van der Waals surface area contributed by atoms with Crippen LogP contribution in [0.4, 0.5) is 17.3 Å². The van der Waals surface area contributed by atoms with Crippen LogP contribution in [0, 0.1) is 0 Å². The van der Waals surface area contributed by atoms with E-state index in [9.17, 15) is 8.42 Å². The van der Waals surface area contributed by atoms with Gasteiger partial charge in [0.05, 0.1) is 35.6 Å². The van der Waals surface area contributed by atoms with Gasteiger partial charge in [0.1, 0.15) is 0 Å². The Labute approximate surface area is 228 Å². The molecule has 0 spiro atoms. The van der Waals surface area contributed by atoms with Crippen LogP contribution in [0.15, 0.2) is 42.5 Å². The Bertz CT molecular complexity index is 1440. The van der Waals surface area contributed by atoms with Gasteiger partial charge in [-0.1, -0.05) is 23.7 Å². The molecule has 3 aromatic rings. The molecular formula is C28H32ClN5O3S. The van der Waals surface area contributed by atoms with Crippen molar-refractivity contribution < 1.29 is 13.2 Å². The molecule has 38 heavy (non-hydrogen) atoms. The van der Waals surface area contributed by atoms with Gasteiger partial charge in [-0.2, -0.15) is 0 Å². The summed E-state index contributed by atoms with van der Waals surface area (Å²) in [6, 6.07) is 14.0. The number of halogens is 1. The molecule has 1 aromatic heterocycles. The Morgan fingerprint density at radius 3 is 2.53 bits per heavy atom. The Hall–Kier alpha value is -2.72. The van der Waals surface area contributed by atoms with Crippen LogP contribution in [0.3, 0.4) is 0 Å². The van der Waals surface area contributed by atoms with E-state index in [2.05, 4.69) is 46.4 Å². The average molecular weight is 554 g/mol. The summed E-state index contributed by atoms with van der Waals surface area (Å²) in [4.78, 5) is 14.3. The smallest absolute Gasteiger partial charge is 0.227 e. The van der Waals surface area contributed by atoms with E-state index in [1.807, 2.05) is 12.1 Å². The number of hydrogen-bond donors (Lipinski definition) is 1. The van der Waals surface area contributed by atoms with Crippen molar-refractivity contribution in [2.75, 3.05) is 43.4 Å². The van der Waals surface area contributed by atoms with Gasteiger partial charge < -0.3 is 19.9 Å². The van der Waals surface area contributed by atoms with Gasteiger partial charge >= 0.3 is 0 Å². The highest BCUT2D eigenvalue weighted by atomic mass is 35.5. The molecule has 0 unspecified atom stereocenters. The van der Waals surface area contributed by atoms with Crippen LogP contribution in [0.2, 0.25) is 5.02 Å². The predicted octanol–water partition coefficient (Wildman–Crippen LogP) is 4.32. The van der Waals surface area contributed by atoms with E-state index in [1.54, 1.807) is 6.07 Å². The first-order chi connectivity index (χ1) is 18.3. The number of aromatic nitrogens is 2. The summed E-state index contributed by atoms with van der Waals surface area (Å²) in [6.07, 6.45) is 2.04. The van der Waals surface area contributed by atoms with Crippen molar-refractivity contribution >= 4 is 38.8 Å². The number of rotatable bonds is 8. The lowest BCUT2D eigenvalue weighted by Crippen LogP contribution is -2.44. The fraction of sp³-hybridized carbons (Fsp3) is 0.429. The fourth-order valence-electron chi connectivity index (χ4n) is 5.07. The number of fused-ring (bicyclic) bond motifs is 1. The monoisotopic (exact) mass is 553 g/mol. The van der Waals surface area contributed by atoms with Crippen LogP contribution in [0.1, 0.15) is 40.9 Å². The number of nitrogens with zero attached hydrogens (tertiary/aromatic N) is 4. The highest BCUT2D eigenvalue weighted by molar-refractivity contribution is 7.91. The molecule has 3 aliphatic rings. The van der Waals surface area contributed by atoms with Crippen molar-refractivity contribution in [1.29, 1.82) is 0 Å². The lowest BCUT2D eigenvalue weighted by atomic mass is 10.0. The second-order valence-corrected chi connectivity index (χ2v) is 13.2. The summed E-state index contributed by atoms with van der Waals surface area (Å²) in [5, 5.41) is 3.63. The maximum absolute atomic E-state index is 12.6. The first kappa shape index (κ1) is 25.6. The van der Waals surface area contributed by atoms with Gasteiger partial charge in [0.15, 0.2) is 9.84 Å². The highest BCUT2D eigenvalue weighted by Crippen LogP contribution is 2.33. The van der Waals surface area contributed by atoms with E-state index in [-0.39, 0.29) is 11.0 Å². The third-order valence-electron chi connectivity index (χ3n) is 7.53. The minimum atomic E-state index is -3.16. The van der Waals surface area contributed by atoms with Crippen molar-refractivity contribution in [2.45, 2.75) is 43.5 Å². The molecule has 1 saturated carbocycles. The molecule has 10 heteroatoms. The van der Waals surface area contributed by atoms with Crippen LogP contribution in [0.25, 0.3) is 0 Å². The van der Waals surface area contributed by atoms with Crippen molar-refractivity contribution in [3.8, 4) is 0 Å². The van der Waals surface area contributed by atoms with Gasteiger partial charge in [0, 0.05) is 54.6 Å². The van der Waals surface area contributed by atoms with E-state index in [0.29, 0.717) is 36.2 Å². The second kappa shape index (κ2) is 10.4. The largest absolute Gasteiger partial charge is 0.370 e. The molecule has 6 rings (SSSR count). The van der Waals surface area contributed by atoms with E-state index in [1.165, 1.54) is 5.69 Å². The summed E-state index contributed by atoms with van der Waals surface area (Å²) < 4.78 is 30.8. The second-order valence-electron chi connectivity index (χ2n) is 10.5. The zero-order chi connectivity index (χ0) is 26.3. The first-order valence-corrected chi connectivity index (χ1v) is 15.2. The SMILES string of the molecule is CN1CCN(c2ccc(Nc3nc4c(c(Cc5ccc(Cl)c(CS(=O)(=O)C6CC6)c5)n3)COC4)cc2)CC1. The normalized spacial score (nSPS) is 18.0. The Balaban J connectivity index is 1.20. The Kier molecular flexibility index (Phi) is 7.03. The predicted molar refractivity (Wildman–Crippen MR) is 150 cm³/mol. The number of likely N-dealkylation sites (N-methyl/N-ethyl adjacent to an activating group) is 1. The van der Waals surface area contributed by atoms with E-state index in [0.717, 1.165) is 67.2 Å². The van der Waals surface area contributed by atoms with E-state index < -0.39 is 9.84 Å². The summed E-state index contributed by atoms with van der Waals surface area (Å²) in [7, 11) is -1.00. The van der Waals surface area contributed by atoms with E-state index in [4.69, 9.17) is 26.3 Å². The lowest BCUT2D eigenvalue weighted by Gasteiger charge is -2.34. The summed E-state index contributed by atoms with van der Waals surface area (Å²) in [5.41, 5.74) is 6.52. The maximum Gasteiger partial charge on any atom is 0.227 e. The minimum absolute atomic E-state index is 0.0216. The molecule has 8 nitrogen and oxygen atoms in total. The zero-order valence-corrected chi connectivity index (χ0v) is 23.1. The fourth-order valence-corrected chi connectivity index (χ4v) is 7.10. The Morgan fingerprint density at radius 2 is 1.79 bits per heavy atom. The van der Waals surface area contributed by atoms with Gasteiger partial charge in [-0.3, -0.25) is 0 Å². The quantitative estimate of drug-likeness (QED) is 0.441. The number of anilines is 3. The van der Waals surface area contributed by atoms with Crippen molar-refractivity contribution in [3.63, 3.8) is 0 Å². The summed E-state index contributed by atoms with van der Waals surface area (Å²) in [6.45, 7) is 5.12. The van der Waals surface area contributed by atoms with Gasteiger partial charge in [-0.25, -0.2) is 18.4 Å². The molecule has 0 radical (unpaired) electrons. The van der Waals surface area contributed by atoms with Crippen LogP contribution in [-0.4, -0.2) is 61.8 Å². The minimum Gasteiger partial charge on any atom is -0.370 e. The first-order valence-electron chi connectivity index (χ1n) is 13.1. The maximum atomic E-state index is 12.6. The highest BCUT2D eigenvalue weighted by Gasteiger charge is 2.36. The third-order valence-corrected chi connectivity index (χ3v) is 10.1. The molecule has 1 saturated heterocycles. The molecular weight excluding hydrogens is 522 g/mol. The van der Waals surface area contributed by atoms with Crippen LogP contribution in [0.5, 0.6) is 0 Å². The Morgan fingerprint density at radius 1 is 1.03 bits per heavy atom. The number of nitrogens with one attached hydrogen (secondary N) is 1. The van der Waals surface area contributed by atoms with Gasteiger partial charge in [0.25, 0.3) is 0 Å². The molecule has 2 fully saturated rings. The van der Waals surface area contributed by atoms with Crippen molar-refractivity contribution in [1.82, 2.24) is 14.9 Å². The third kappa shape index (κ3) is 5.66. The molecule has 3 heterocycles. The van der Waals surface area contributed by atoms with Crippen molar-refractivity contribution in [3.05, 3.63) is 75.6 Å². The van der Waals surface area contributed by atoms with Crippen LogP contribution in [-0.2, 0) is 40.0 Å². The number of piperazine rings is 1. The molecule has 2 aromatic carbocycles. The molecule has 2 aliphatic heterocycles. The molecule has 0 amide bonds. The number of sulfone groups is 1. The van der Waals surface area contributed by atoms with Gasteiger partial charge in [0.2, 0.25) is 5.95 Å². The van der Waals surface area contributed by atoms with Gasteiger partial charge in [-0.05, 0) is 61.3 Å². The lowest BCUT2D eigenvalue weighted by molar-refractivity contribution is 0.133. The molecule has 1 N–H and O–H groups in total. The van der Waals surface area contributed by atoms with Crippen molar-refractivity contribution in [2.24, 2.45) is 0 Å². The van der Waals surface area contributed by atoms with Crippen LogP contribution >= 0.6 is 11.6 Å². The standard InChI is InChI=1S/C28H32ClN5O3S/c1-33-10-12-34(13-11-33)22-5-3-21(4-6-22)30-28-31-26(24-16-37-17-27(24)32-28)15-19-2-9-25(29)20(14-19)18-38(35,36)23-7-8-23/h2-6,9,14,23H,7-8,10-13,15-18H2,1H3,(H,30,31,32). The number of ether oxygens (including phenoxy) is 1. The summed E-state index contributed by atoms with van der Waals surface area (Å²) in [5.74, 6) is 0.508. The molecule has 0 bridgehead atoms. The topological polar surface area (TPSA) is 87.7 Å². The molecule has 0 atom stereocenters. The molecule has 1 aliphatic carbocycles. The van der Waals surface area contributed by atoms with E-state index >= 15 is 0 Å².